The molecule has 4 heteroatoms. The molecule has 1 unspecified atom stereocenters. The van der Waals surface area contributed by atoms with E-state index >= 15 is 0 Å². The molecule has 1 atom stereocenters. The van der Waals surface area contributed by atoms with Crippen molar-refractivity contribution in [1.82, 2.24) is 10.6 Å². The third-order valence-electron chi connectivity index (χ3n) is 4.37. The summed E-state index contributed by atoms with van der Waals surface area (Å²) in [4.78, 5) is 4.34. The van der Waals surface area contributed by atoms with Crippen LogP contribution in [-0.4, -0.2) is 19.6 Å². The summed E-state index contributed by atoms with van der Waals surface area (Å²) >= 11 is 0. The van der Waals surface area contributed by atoms with Crippen molar-refractivity contribution in [3.05, 3.63) is 35.9 Å². The van der Waals surface area contributed by atoms with Crippen LogP contribution in [0, 0.1) is 5.41 Å². The first kappa shape index (κ1) is 18.3. The molecular weight excluding hydrogens is 373 g/mol. The van der Waals surface area contributed by atoms with Crippen molar-refractivity contribution in [2.75, 3.05) is 13.6 Å². The number of halogens is 1. The van der Waals surface area contributed by atoms with Crippen LogP contribution in [0.4, 0.5) is 0 Å². The lowest BCUT2D eigenvalue weighted by Gasteiger charge is -2.26. The van der Waals surface area contributed by atoms with Crippen LogP contribution in [0.25, 0.3) is 0 Å². The molecule has 1 aromatic carbocycles. The number of guanidine groups is 1. The summed E-state index contributed by atoms with van der Waals surface area (Å²) in [5.74, 6) is 0.898. The summed E-state index contributed by atoms with van der Waals surface area (Å²) in [5.41, 5.74) is 1.72. The summed E-state index contributed by atoms with van der Waals surface area (Å²) in [5, 5.41) is 6.95. The number of hydrogen-bond donors (Lipinski definition) is 2. The summed E-state index contributed by atoms with van der Waals surface area (Å²) in [6, 6.07) is 10.7. The minimum Gasteiger partial charge on any atom is -0.356 e. The monoisotopic (exact) mass is 401 g/mol. The molecule has 118 valence electrons. The van der Waals surface area contributed by atoms with E-state index in [9.17, 15) is 0 Å². The highest BCUT2D eigenvalue weighted by Crippen LogP contribution is 2.36. The van der Waals surface area contributed by atoms with Crippen molar-refractivity contribution in [3.8, 4) is 0 Å². The van der Waals surface area contributed by atoms with Crippen molar-refractivity contribution in [2.24, 2.45) is 10.4 Å². The zero-order valence-corrected chi connectivity index (χ0v) is 15.7. The zero-order valence-electron chi connectivity index (χ0n) is 13.4. The van der Waals surface area contributed by atoms with Gasteiger partial charge in [0.25, 0.3) is 0 Å². The van der Waals surface area contributed by atoms with Gasteiger partial charge in [0.2, 0.25) is 0 Å². The Hall–Kier alpha value is -0.780. The minimum atomic E-state index is 0. The topological polar surface area (TPSA) is 36.4 Å². The SMILES string of the molecule is CN=C(NCC1(C)CCCC1)NC(C)c1ccccc1.I. The molecule has 0 radical (unpaired) electrons. The van der Waals surface area contributed by atoms with Crippen LogP contribution in [0.1, 0.15) is 51.1 Å². The molecule has 0 amide bonds. The Bertz CT molecular complexity index is 439. The average Bonchev–Trinajstić information content (AvgIpc) is 2.91. The Labute approximate surface area is 146 Å². The van der Waals surface area contributed by atoms with Gasteiger partial charge in [0.1, 0.15) is 0 Å². The van der Waals surface area contributed by atoms with Crippen molar-refractivity contribution >= 4 is 29.9 Å². The molecule has 0 aromatic heterocycles. The molecule has 0 aliphatic heterocycles. The largest absolute Gasteiger partial charge is 0.356 e. The Morgan fingerprint density at radius 3 is 2.43 bits per heavy atom. The third-order valence-corrected chi connectivity index (χ3v) is 4.37. The van der Waals surface area contributed by atoms with E-state index in [2.05, 4.69) is 53.7 Å². The van der Waals surface area contributed by atoms with E-state index in [-0.39, 0.29) is 30.0 Å². The fraction of sp³-hybridized carbons (Fsp3) is 0.588. The number of nitrogens with one attached hydrogen (secondary N) is 2. The Morgan fingerprint density at radius 1 is 1.24 bits per heavy atom. The van der Waals surface area contributed by atoms with Crippen molar-refractivity contribution in [2.45, 2.75) is 45.6 Å². The molecule has 21 heavy (non-hydrogen) atoms. The van der Waals surface area contributed by atoms with E-state index in [1.165, 1.54) is 31.2 Å². The van der Waals surface area contributed by atoms with Gasteiger partial charge >= 0.3 is 0 Å². The van der Waals surface area contributed by atoms with Crippen LogP contribution < -0.4 is 10.6 Å². The highest BCUT2D eigenvalue weighted by Gasteiger charge is 2.28. The van der Waals surface area contributed by atoms with E-state index in [1.54, 1.807) is 0 Å². The number of hydrogen-bond acceptors (Lipinski definition) is 1. The van der Waals surface area contributed by atoms with E-state index in [4.69, 9.17) is 0 Å². The zero-order chi connectivity index (χ0) is 14.4. The molecule has 1 fully saturated rings. The summed E-state index contributed by atoms with van der Waals surface area (Å²) < 4.78 is 0. The lowest BCUT2D eigenvalue weighted by atomic mass is 9.89. The predicted molar refractivity (Wildman–Crippen MR) is 101 cm³/mol. The van der Waals surface area contributed by atoms with Crippen LogP contribution in [0.3, 0.4) is 0 Å². The van der Waals surface area contributed by atoms with E-state index in [1.807, 2.05) is 13.1 Å². The van der Waals surface area contributed by atoms with Gasteiger partial charge in [-0.2, -0.15) is 0 Å². The quantitative estimate of drug-likeness (QED) is 0.453. The summed E-state index contributed by atoms with van der Waals surface area (Å²) in [6.45, 7) is 5.55. The van der Waals surface area contributed by atoms with Gasteiger partial charge in [-0.1, -0.05) is 50.1 Å². The number of aliphatic imine (C=N–C) groups is 1. The Balaban J connectivity index is 0.00000220. The van der Waals surface area contributed by atoms with Crippen LogP contribution >= 0.6 is 24.0 Å². The number of nitrogens with zero attached hydrogens (tertiary/aromatic N) is 1. The maximum absolute atomic E-state index is 4.34. The van der Waals surface area contributed by atoms with Gasteiger partial charge in [0.05, 0.1) is 6.04 Å². The van der Waals surface area contributed by atoms with Gasteiger partial charge in [-0.25, -0.2) is 0 Å². The van der Waals surface area contributed by atoms with Crippen molar-refractivity contribution in [3.63, 3.8) is 0 Å². The van der Waals surface area contributed by atoms with Crippen LogP contribution in [-0.2, 0) is 0 Å². The average molecular weight is 401 g/mol. The molecule has 0 saturated heterocycles. The molecular formula is C17H28IN3. The molecule has 1 aromatic rings. The maximum atomic E-state index is 4.34. The van der Waals surface area contributed by atoms with E-state index in [0.717, 1.165) is 12.5 Å². The lowest BCUT2D eigenvalue weighted by Crippen LogP contribution is -2.43. The summed E-state index contributed by atoms with van der Waals surface area (Å²) in [6.07, 6.45) is 5.38. The Morgan fingerprint density at radius 2 is 1.86 bits per heavy atom. The fourth-order valence-electron chi connectivity index (χ4n) is 2.93. The molecule has 2 rings (SSSR count). The van der Waals surface area contributed by atoms with Crippen LogP contribution in [0.2, 0.25) is 0 Å². The number of rotatable bonds is 4. The first-order chi connectivity index (χ1) is 9.63. The molecule has 2 N–H and O–H groups in total. The third kappa shape index (κ3) is 5.49. The highest BCUT2D eigenvalue weighted by molar-refractivity contribution is 14.0. The second-order valence-electron chi connectivity index (χ2n) is 6.22. The summed E-state index contributed by atoms with van der Waals surface area (Å²) in [7, 11) is 1.84. The second kappa shape index (κ2) is 8.61. The number of benzene rings is 1. The highest BCUT2D eigenvalue weighted by atomic mass is 127. The smallest absolute Gasteiger partial charge is 0.191 e. The predicted octanol–water partition coefficient (Wildman–Crippen LogP) is 4.11. The minimum absolute atomic E-state index is 0. The van der Waals surface area contributed by atoms with Crippen LogP contribution in [0.5, 0.6) is 0 Å². The molecule has 0 bridgehead atoms. The van der Waals surface area contributed by atoms with E-state index < -0.39 is 0 Å². The van der Waals surface area contributed by atoms with Gasteiger partial charge in [-0.05, 0) is 30.7 Å². The lowest BCUT2D eigenvalue weighted by molar-refractivity contribution is 0.333. The van der Waals surface area contributed by atoms with Gasteiger partial charge < -0.3 is 10.6 Å². The standard InChI is InChI=1S/C17H27N3.HI/c1-14(15-9-5-4-6-10-15)20-16(18-3)19-13-17(2)11-7-8-12-17;/h4-6,9-10,14H,7-8,11-13H2,1-3H3,(H2,18,19,20);1H. The normalized spacial score (nSPS) is 18.7. The van der Waals surface area contributed by atoms with Crippen molar-refractivity contribution < 1.29 is 0 Å². The van der Waals surface area contributed by atoms with Gasteiger partial charge in [0.15, 0.2) is 5.96 Å². The van der Waals surface area contributed by atoms with Gasteiger partial charge in [0, 0.05) is 13.6 Å². The fourth-order valence-corrected chi connectivity index (χ4v) is 2.93. The molecule has 0 spiro atoms. The van der Waals surface area contributed by atoms with E-state index in [0.29, 0.717) is 5.41 Å². The first-order valence-electron chi connectivity index (χ1n) is 7.65. The molecule has 3 nitrogen and oxygen atoms in total. The molecule has 0 heterocycles. The molecule has 1 saturated carbocycles. The second-order valence-corrected chi connectivity index (χ2v) is 6.22. The van der Waals surface area contributed by atoms with Gasteiger partial charge in [-0.3, -0.25) is 4.99 Å². The first-order valence-corrected chi connectivity index (χ1v) is 7.65. The van der Waals surface area contributed by atoms with Crippen LogP contribution in [0.15, 0.2) is 35.3 Å². The van der Waals surface area contributed by atoms with Crippen molar-refractivity contribution in [1.29, 1.82) is 0 Å². The molecule has 1 aliphatic rings. The Kier molecular flexibility index (Phi) is 7.49. The molecule has 1 aliphatic carbocycles. The maximum Gasteiger partial charge on any atom is 0.191 e. The van der Waals surface area contributed by atoms with Gasteiger partial charge in [-0.15, -0.1) is 24.0 Å².